The number of fused-ring (bicyclic) bond motifs is 1. The fourth-order valence-corrected chi connectivity index (χ4v) is 3.22. The molecule has 0 N–H and O–H groups in total. The molecule has 5 nitrogen and oxygen atoms in total. The van der Waals surface area contributed by atoms with Crippen LogP contribution in [0.3, 0.4) is 0 Å². The number of carbonyl (C=O) groups excluding carboxylic acids is 1. The monoisotopic (exact) mass is 371 g/mol. The Balaban J connectivity index is 2.04. The van der Waals surface area contributed by atoms with E-state index in [-0.39, 0.29) is 11.8 Å². The second kappa shape index (κ2) is 8.34. The van der Waals surface area contributed by atoms with Gasteiger partial charge < -0.3 is 9.64 Å². The van der Waals surface area contributed by atoms with Gasteiger partial charge in [-0.25, -0.2) is 0 Å². The lowest BCUT2D eigenvalue weighted by Gasteiger charge is -2.25. The Labute approximate surface area is 158 Å². The number of anilines is 3. The van der Waals surface area contributed by atoms with Crippen LogP contribution in [0, 0.1) is 5.92 Å². The fraction of sp³-hybridized carbons (Fsp3) is 0.300. The first-order chi connectivity index (χ1) is 12.6. The molecule has 0 saturated carbocycles. The number of hydrogen-bond acceptors (Lipinski definition) is 4. The molecule has 0 saturated heterocycles. The van der Waals surface area contributed by atoms with Crippen LogP contribution in [0.5, 0.6) is 0 Å². The van der Waals surface area contributed by atoms with Crippen LogP contribution < -0.4 is 9.80 Å². The lowest BCUT2D eigenvalue weighted by Crippen LogP contribution is -2.35. The first kappa shape index (κ1) is 18.4. The van der Waals surface area contributed by atoms with Crippen molar-refractivity contribution in [3.8, 4) is 0 Å². The summed E-state index contributed by atoms with van der Waals surface area (Å²) in [7, 11) is 3.61. The smallest absolute Gasteiger partial charge is 0.241 e. The molecule has 0 radical (unpaired) electrons. The maximum atomic E-state index is 13.4. The average Bonchev–Trinajstić information content (AvgIpc) is 2.74. The summed E-state index contributed by atoms with van der Waals surface area (Å²) in [5.74, 6) is -0.381. The van der Waals surface area contributed by atoms with Gasteiger partial charge in [0.15, 0.2) is 0 Å². The summed E-state index contributed by atoms with van der Waals surface area (Å²) in [6.07, 6.45) is 1.74. The minimum atomic E-state index is -0.358. The molecule has 1 atom stereocenters. The number of amides is 1. The molecule has 0 fully saturated rings. The van der Waals surface area contributed by atoms with Crippen LogP contribution in [0.25, 0.3) is 0 Å². The van der Waals surface area contributed by atoms with Crippen LogP contribution in [0.1, 0.15) is 0 Å². The van der Waals surface area contributed by atoms with Gasteiger partial charge in [-0.15, -0.1) is 0 Å². The molecule has 26 heavy (non-hydrogen) atoms. The summed E-state index contributed by atoms with van der Waals surface area (Å²) >= 11 is 6.24. The third-order valence-electron chi connectivity index (χ3n) is 4.32. The normalized spacial score (nSPS) is 17.5. The zero-order valence-corrected chi connectivity index (χ0v) is 15.7. The van der Waals surface area contributed by atoms with Crippen LogP contribution in [-0.4, -0.2) is 46.0 Å². The van der Waals surface area contributed by atoms with Crippen molar-refractivity contribution in [3.05, 3.63) is 53.6 Å². The van der Waals surface area contributed by atoms with Crippen molar-refractivity contribution in [3.63, 3.8) is 0 Å². The lowest BCUT2D eigenvalue weighted by molar-refractivity contribution is -0.119. The Hall–Kier alpha value is -2.37. The quantitative estimate of drug-likeness (QED) is 0.593. The van der Waals surface area contributed by atoms with E-state index >= 15 is 0 Å². The standard InChI is InChI=1S/C20H22ClN3O2/c1-23-14-15(13-22-10-11-26-2)20(25)24(17-6-4-3-5-7-17)19-12-16(21)8-9-18(19)23/h3-9,12-13,15H,10-11,14H2,1-2H3. The molecule has 1 heterocycles. The number of carbonyl (C=O) groups is 1. The maximum absolute atomic E-state index is 13.4. The van der Waals surface area contributed by atoms with E-state index in [0.29, 0.717) is 24.7 Å². The summed E-state index contributed by atoms with van der Waals surface area (Å²) in [5, 5.41) is 0.595. The van der Waals surface area contributed by atoms with Gasteiger partial charge in [-0.3, -0.25) is 14.7 Å². The first-order valence-electron chi connectivity index (χ1n) is 8.50. The second-order valence-electron chi connectivity index (χ2n) is 6.18. The average molecular weight is 372 g/mol. The number of para-hydroxylation sites is 1. The Kier molecular flexibility index (Phi) is 5.91. The molecule has 1 unspecified atom stereocenters. The largest absolute Gasteiger partial charge is 0.383 e. The molecule has 1 amide bonds. The van der Waals surface area contributed by atoms with Gasteiger partial charge in [-0.1, -0.05) is 29.8 Å². The maximum Gasteiger partial charge on any atom is 0.241 e. The zero-order chi connectivity index (χ0) is 18.5. The fourth-order valence-electron chi connectivity index (χ4n) is 3.05. The van der Waals surface area contributed by atoms with E-state index in [1.54, 1.807) is 18.2 Å². The number of nitrogens with zero attached hydrogens (tertiary/aromatic N) is 3. The SMILES string of the molecule is COCCN=CC1CN(C)c2ccc(Cl)cc2N(c2ccccc2)C1=O. The molecule has 0 aromatic heterocycles. The van der Waals surface area contributed by atoms with E-state index in [0.717, 1.165) is 17.1 Å². The second-order valence-corrected chi connectivity index (χ2v) is 6.61. The van der Waals surface area contributed by atoms with Gasteiger partial charge in [0.25, 0.3) is 0 Å². The summed E-state index contributed by atoms with van der Waals surface area (Å²) in [6, 6.07) is 15.2. The van der Waals surface area contributed by atoms with Crippen LogP contribution >= 0.6 is 11.6 Å². The third kappa shape index (κ3) is 3.89. The van der Waals surface area contributed by atoms with E-state index in [2.05, 4.69) is 9.89 Å². The summed E-state index contributed by atoms with van der Waals surface area (Å²) in [4.78, 5) is 21.5. The van der Waals surface area contributed by atoms with E-state index in [1.807, 2.05) is 55.6 Å². The molecule has 3 rings (SSSR count). The highest BCUT2D eigenvalue weighted by atomic mass is 35.5. The van der Waals surface area contributed by atoms with Crippen molar-refractivity contribution in [2.45, 2.75) is 0 Å². The van der Waals surface area contributed by atoms with Crippen molar-refractivity contribution in [1.82, 2.24) is 0 Å². The summed E-state index contributed by atoms with van der Waals surface area (Å²) in [5.41, 5.74) is 2.55. The van der Waals surface area contributed by atoms with Crippen molar-refractivity contribution < 1.29 is 9.53 Å². The molecule has 6 heteroatoms. The minimum absolute atomic E-state index is 0.0229. The van der Waals surface area contributed by atoms with Crippen LogP contribution in [0.15, 0.2) is 53.5 Å². The van der Waals surface area contributed by atoms with Gasteiger partial charge >= 0.3 is 0 Å². The van der Waals surface area contributed by atoms with Crippen LogP contribution in [0.2, 0.25) is 5.02 Å². The van der Waals surface area contributed by atoms with E-state index in [4.69, 9.17) is 16.3 Å². The number of ether oxygens (including phenoxy) is 1. The van der Waals surface area contributed by atoms with Crippen molar-refractivity contribution in [2.75, 3.05) is 43.7 Å². The lowest BCUT2D eigenvalue weighted by atomic mass is 10.1. The van der Waals surface area contributed by atoms with Crippen LogP contribution in [-0.2, 0) is 9.53 Å². The van der Waals surface area contributed by atoms with Gasteiger partial charge in [-0.05, 0) is 30.3 Å². The molecule has 136 valence electrons. The number of halogens is 1. The van der Waals surface area contributed by atoms with Gasteiger partial charge in [-0.2, -0.15) is 0 Å². The number of benzene rings is 2. The van der Waals surface area contributed by atoms with Crippen molar-refractivity contribution in [1.29, 1.82) is 0 Å². The molecule has 0 bridgehead atoms. The number of methoxy groups -OCH3 is 1. The molecule has 2 aromatic rings. The Morgan fingerprint density at radius 3 is 2.73 bits per heavy atom. The summed E-state index contributed by atoms with van der Waals surface area (Å²) < 4.78 is 5.02. The van der Waals surface area contributed by atoms with Crippen molar-refractivity contribution >= 4 is 40.8 Å². The topological polar surface area (TPSA) is 45.1 Å². The van der Waals surface area contributed by atoms with Gasteiger partial charge in [0.05, 0.1) is 30.4 Å². The highest BCUT2D eigenvalue weighted by Crippen LogP contribution is 2.39. The van der Waals surface area contributed by atoms with Gasteiger partial charge in [0, 0.05) is 37.6 Å². The van der Waals surface area contributed by atoms with E-state index < -0.39 is 0 Å². The predicted molar refractivity (Wildman–Crippen MR) is 107 cm³/mol. The van der Waals surface area contributed by atoms with Gasteiger partial charge in [0.1, 0.15) is 0 Å². The molecule has 1 aliphatic heterocycles. The Morgan fingerprint density at radius 1 is 1.23 bits per heavy atom. The van der Waals surface area contributed by atoms with Crippen LogP contribution in [0.4, 0.5) is 17.1 Å². The van der Waals surface area contributed by atoms with E-state index in [1.165, 1.54) is 0 Å². The predicted octanol–water partition coefficient (Wildman–Crippen LogP) is 3.79. The molecular formula is C20H22ClN3O2. The summed E-state index contributed by atoms with van der Waals surface area (Å²) in [6.45, 7) is 1.62. The van der Waals surface area contributed by atoms with E-state index in [9.17, 15) is 4.79 Å². The Morgan fingerprint density at radius 2 is 2.00 bits per heavy atom. The minimum Gasteiger partial charge on any atom is -0.383 e. The molecule has 2 aromatic carbocycles. The number of hydrogen-bond donors (Lipinski definition) is 0. The van der Waals surface area contributed by atoms with Gasteiger partial charge in [0.2, 0.25) is 5.91 Å². The highest BCUT2D eigenvalue weighted by Gasteiger charge is 2.32. The Bertz CT molecular complexity index is 795. The number of aliphatic imine (C=N–C) groups is 1. The zero-order valence-electron chi connectivity index (χ0n) is 14.9. The highest BCUT2D eigenvalue weighted by molar-refractivity contribution is 6.31. The molecule has 1 aliphatic rings. The molecular weight excluding hydrogens is 350 g/mol. The third-order valence-corrected chi connectivity index (χ3v) is 4.56. The number of rotatable bonds is 5. The first-order valence-corrected chi connectivity index (χ1v) is 8.88. The van der Waals surface area contributed by atoms with Crippen molar-refractivity contribution in [2.24, 2.45) is 10.9 Å². The molecule has 0 aliphatic carbocycles. The molecule has 0 spiro atoms.